The molecule has 1 atom stereocenters. The fourth-order valence-electron chi connectivity index (χ4n) is 1.50. The zero-order valence-corrected chi connectivity index (χ0v) is 10.1. The van der Waals surface area contributed by atoms with Crippen molar-refractivity contribution < 1.29 is 19.7 Å². The Labute approximate surface area is 104 Å². The lowest BCUT2D eigenvalue weighted by atomic mass is 10.0. The molecule has 0 aliphatic carbocycles. The van der Waals surface area contributed by atoms with Gasteiger partial charge in [-0.2, -0.15) is 0 Å². The number of ether oxygens (including phenoxy) is 1. The molecule has 0 spiro atoms. The van der Waals surface area contributed by atoms with Gasteiger partial charge >= 0.3 is 5.97 Å². The highest BCUT2D eigenvalue weighted by molar-refractivity contribution is 6.31. The number of halogens is 1. The van der Waals surface area contributed by atoms with Gasteiger partial charge in [0.05, 0.1) is 7.11 Å². The van der Waals surface area contributed by atoms with Crippen molar-refractivity contribution in [2.24, 2.45) is 5.73 Å². The van der Waals surface area contributed by atoms with Crippen molar-refractivity contribution in [1.82, 2.24) is 0 Å². The molecule has 0 saturated heterocycles. The first kappa shape index (κ1) is 13.6. The van der Waals surface area contributed by atoms with Crippen LogP contribution in [0.15, 0.2) is 12.1 Å². The highest BCUT2D eigenvalue weighted by Crippen LogP contribution is 2.39. The molecule has 1 unspecified atom stereocenters. The summed E-state index contributed by atoms with van der Waals surface area (Å²) in [6.45, 7) is 0. The predicted octanol–water partition coefficient (Wildman–Crippen LogP) is 1.92. The van der Waals surface area contributed by atoms with Crippen LogP contribution in [0.2, 0.25) is 5.02 Å². The Bertz CT molecular complexity index is 422. The van der Waals surface area contributed by atoms with Gasteiger partial charge in [0.25, 0.3) is 0 Å². The maximum absolute atomic E-state index is 10.5. The molecule has 17 heavy (non-hydrogen) atoms. The molecule has 1 aromatic rings. The molecule has 0 heterocycles. The first-order valence-electron chi connectivity index (χ1n) is 5.00. The van der Waals surface area contributed by atoms with E-state index in [-0.39, 0.29) is 24.3 Å². The summed E-state index contributed by atoms with van der Waals surface area (Å²) in [6, 6.07) is 2.43. The molecular weight excluding hydrogens is 246 g/mol. The molecule has 94 valence electrons. The monoisotopic (exact) mass is 259 g/mol. The van der Waals surface area contributed by atoms with E-state index in [0.29, 0.717) is 10.6 Å². The fraction of sp³-hybridized carbons (Fsp3) is 0.364. The van der Waals surface area contributed by atoms with Gasteiger partial charge in [-0.1, -0.05) is 11.6 Å². The van der Waals surface area contributed by atoms with Gasteiger partial charge in [0.2, 0.25) is 0 Å². The van der Waals surface area contributed by atoms with Gasteiger partial charge in [-0.3, -0.25) is 4.79 Å². The number of benzene rings is 1. The Kier molecular flexibility index (Phi) is 4.60. The molecule has 0 amide bonds. The Morgan fingerprint density at radius 2 is 2.24 bits per heavy atom. The zero-order chi connectivity index (χ0) is 13.0. The molecule has 4 N–H and O–H groups in total. The molecule has 0 radical (unpaired) electrons. The minimum atomic E-state index is -0.945. The molecule has 0 aliphatic rings. The van der Waals surface area contributed by atoms with E-state index in [1.54, 1.807) is 6.07 Å². The Morgan fingerprint density at radius 1 is 1.59 bits per heavy atom. The number of aromatic hydroxyl groups is 1. The quantitative estimate of drug-likeness (QED) is 0.751. The molecule has 6 heteroatoms. The third-order valence-corrected chi connectivity index (χ3v) is 2.72. The largest absolute Gasteiger partial charge is 0.504 e. The second-order valence-electron chi connectivity index (χ2n) is 3.55. The highest BCUT2D eigenvalue weighted by Gasteiger charge is 2.19. The van der Waals surface area contributed by atoms with E-state index in [0.717, 1.165) is 0 Å². The number of carboxylic acid groups (broad SMARTS) is 1. The summed E-state index contributed by atoms with van der Waals surface area (Å²) in [5.41, 5.74) is 6.12. The molecule has 0 aromatic heterocycles. The van der Waals surface area contributed by atoms with Crippen molar-refractivity contribution in [3.05, 3.63) is 22.7 Å². The van der Waals surface area contributed by atoms with Crippen molar-refractivity contribution in [2.45, 2.75) is 18.9 Å². The van der Waals surface area contributed by atoms with E-state index >= 15 is 0 Å². The number of phenols is 1. The van der Waals surface area contributed by atoms with Crippen LogP contribution < -0.4 is 10.5 Å². The summed E-state index contributed by atoms with van der Waals surface area (Å²) < 4.78 is 4.94. The van der Waals surface area contributed by atoms with Gasteiger partial charge in [-0.05, 0) is 18.6 Å². The second-order valence-corrected chi connectivity index (χ2v) is 3.96. The Hall–Kier alpha value is -1.46. The van der Waals surface area contributed by atoms with Gasteiger partial charge in [-0.25, -0.2) is 0 Å². The van der Waals surface area contributed by atoms with E-state index in [4.69, 9.17) is 27.2 Å². The maximum Gasteiger partial charge on any atom is 0.303 e. The van der Waals surface area contributed by atoms with Crippen LogP contribution in [0, 0.1) is 0 Å². The summed E-state index contributed by atoms with van der Waals surface area (Å²) in [6.07, 6.45) is 0.101. The number of hydrogen-bond acceptors (Lipinski definition) is 4. The number of hydrogen-bond donors (Lipinski definition) is 3. The smallest absolute Gasteiger partial charge is 0.303 e. The number of carbonyl (C=O) groups is 1. The van der Waals surface area contributed by atoms with E-state index in [1.807, 2.05) is 0 Å². The fourth-order valence-corrected chi connectivity index (χ4v) is 1.80. The highest BCUT2D eigenvalue weighted by atomic mass is 35.5. The molecule has 0 saturated carbocycles. The lowest BCUT2D eigenvalue weighted by molar-refractivity contribution is -0.137. The number of aliphatic carboxylic acids is 1. The lowest BCUT2D eigenvalue weighted by Gasteiger charge is -2.16. The summed E-state index contributed by atoms with van der Waals surface area (Å²) >= 11 is 5.93. The number of rotatable bonds is 5. The Balaban J connectivity index is 2.99. The van der Waals surface area contributed by atoms with Crippen LogP contribution in [0.1, 0.15) is 24.4 Å². The van der Waals surface area contributed by atoms with Crippen molar-refractivity contribution in [2.75, 3.05) is 7.11 Å². The van der Waals surface area contributed by atoms with Crippen molar-refractivity contribution >= 4 is 17.6 Å². The summed E-state index contributed by atoms with van der Waals surface area (Å²) in [5, 5.41) is 18.7. The molecule has 0 bridgehead atoms. The van der Waals surface area contributed by atoms with E-state index in [2.05, 4.69) is 0 Å². The number of nitrogens with two attached hydrogens (primary N) is 1. The standard InChI is InChI=1S/C11H14ClNO4/c1-17-8-4-2-6(12)10(11(8)16)7(13)3-5-9(14)15/h2,4,7,16H,3,5,13H2,1H3,(H,14,15). The maximum atomic E-state index is 10.5. The van der Waals surface area contributed by atoms with Crippen molar-refractivity contribution in [3.8, 4) is 11.5 Å². The van der Waals surface area contributed by atoms with Gasteiger partial charge in [0.15, 0.2) is 11.5 Å². The van der Waals surface area contributed by atoms with Crippen LogP contribution >= 0.6 is 11.6 Å². The van der Waals surface area contributed by atoms with E-state index in [9.17, 15) is 9.90 Å². The normalized spacial score (nSPS) is 12.2. The van der Waals surface area contributed by atoms with E-state index < -0.39 is 12.0 Å². The second kappa shape index (κ2) is 5.75. The first-order chi connectivity index (χ1) is 7.97. The number of carboxylic acids is 1. The van der Waals surface area contributed by atoms with Crippen molar-refractivity contribution in [1.29, 1.82) is 0 Å². The zero-order valence-electron chi connectivity index (χ0n) is 9.31. The minimum Gasteiger partial charge on any atom is -0.504 e. The summed E-state index contributed by atoms with van der Waals surface area (Å²) in [5.74, 6) is -0.827. The number of phenolic OH excluding ortho intramolecular Hbond substituents is 1. The summed E-state index contributed by atoms with van der Waals surface area (Å²) in [7, 11) is 1.41. The van der Waals surface area contributed by atoms with E-state index in [1.165, 1.54) is 13.2 Å². The van der Waals surface area contributed by atoms with Crippen LogP contribution in [-0.4, -0.2) is 23.3 Å². The van der Waals surface area contributed by atoms with Crippen LogP contribution in [-0.2, 0) is 4.79 Å². The third-order valence-electron chi connectivity index (χ3n) is 2.39. The third kappa shape index (κ3) is 3.25. The van der Waals surface area contributed by atoms with Crippen LogP contribution in [0.25, 0.3) is 0 Å². The van der Waals surface area contributed by atoms with Gasteiger partial charge in [0.1, 0.15) is 0 Å². The lowest BCUT2D eigenvalue weighted by Crippen LogP contribution is -2.13. The topological polar surface area (TPSA) is 92.8 Å². The Morgan fingerprint density at radius 3 is 2.76 bits per heavy atom. The molecule has 1 rings (SSSR count). The molecule has 1 aromatic carbocycles. The predicted molar refractivity (Wildman–Crippen MR) is 63.5 cm³/mol. The number of methoxy groups -OCH3 is 1. The van der Waals surface area contributed by atoms with Gasteiger partial charge in [-0.15, -0.1) is 0 Å². The van der Waals surface area contributed by atoms with Crippen LogP contribution in [0.5, 0.6) is 11.5 Å². The summed E-state index contributed by atoms with van der Waals surface area (Å²) in [4.78, 5) is 10.5. The van der Waals surface area contributed by atoms with Crippen molar-refractivity contribution in [3.63, 3.8) is 0 Å². The molecule has 5 nitrogen and oxygen atoms in total. The molecule has 0 fully saturated rings. The molecular formula is C11H14ClNO4. The minimum absolute atomic E-state index is 0.0891. The average molecular weight is 260 g/mol. The first-order valence-corrected chi connectivity index (χ1v) is 5.38. The molecule has 0 aliphatic heterocycles. The van der Waals surface area contributed by atoms with Gasteiger partial charge < -0.3 is 20.7 Å². The average Bonchev–Trinajstić information content (AvgIpc) is 2.26. The van der Waals surface area contributed by atoms with Gasteiger partial charge in [0, 0.05) is 23.0 Å². The van der Waals surface area contributed by atoms with Crippen LogP contribution in [0.4, 0.5) is 0 Å². The SMILES string of the molecule is COc1ccc(Cl)c(C(N)CCC(=O)O)c1O. The van der Waals surface area contributed by atoms with Crippen LogP contribution in [0.3, 0.4) is 0 Å².